The monoisotopic (exact) mass is 315 g/mol. The summed E-state index contributed by atoms with van der Waals surface area (Å²) in [6.45, 7) is 2.17. The average molecular weight is 317 g/mol. The summed E-state index contributed by atoms with van der Waals surface area (Å²) in [5, 5.41) is 0. The highest BCUT2D eigenvalue weighted by Gasteiger charge is 2.24. The molecule has 0 amide bonds. The molecule has 0 heterocycles. The van der Waals surface area contributed by atoms with Gasteiger partial charge in [-0.3, -0.25) is 4.90 Å². The van der Waals surface area contributed by atoms with E-state index >= 15 is 0 Å². The van der Waals surface area contributed by atoms with Crippen LogP contribution in [-0.2, 0) is 6.54 Å². The molecule has 0 atom stereocenters. The Morgan fingerprint density at radius 1 is 1.29 bits per heavy atom. The second-order valence-corrected chi connectivity index (χ2v) is 5.92. The van der Waals surface area contributed by atoms with Gasteiger partial charge in [-0.05, 0) is 37.4 Å². The van der Waals surface area contributed by atoms with Crippen molar-refractivity contribution in [1.29, 1.82) is 0 Å². The first-order valence-electron chi connectivity index (χ1n) is 6.34. The van der Waals surface area contributed by atoms with E-state index in [1.54, 1.807) is 0 Å². The summed E-state index contributed by atoms with van der Waals surface area (Å²) in [6.07, 6.45) is 5.18. The molecule has 1 aliphatic rings. The fourth-order valence-corrected chi connectivity index (χ4v) is 2.78. The van der Waals surface area contributed by atoms with Crippen molar-refractivity contribution < 1.29 is 0 Å². The van der Waals surface area contributed by atoms with E-state index in [-0.39, 0.29) is 0 Å². The lowest BCUT2D eigenvalue weighted by atomic mass is 9.91. The molecular weight excluding hydrogens is 298 g/mol. The zero-order chi connectivity index (χ0) is 12.1. The number of nitrogens with zero attached hydrogens (tertiary/aromatic N) is 1. The van der Waals surface area contributed by atoms with Gasteiger partial charge in [0.2, 0.25) is 0 Å². The van der Waals surface area contributed by atoms with E-state index in [2.05, 4.69) is 45.1 Å². The molecule has 0 N–H and O–H groups in total. The van der Waals surface area contributed by atoms with Crippen molar-refractivity contribution in [2.24, 2.45) is 0 Å². The Bertz CT molecular complexity index is 352. The molecule has 0 spiro atoms. The van der Waals surface area contributed by atoms with Crippen LogP contribution < -0.4 is 0 Å². The van der Waals surface area contributed by atoms with E-state index < -0.39 is 0 Å². The van der Waals surface area contributed by atoms with Gasteiger partial charge >= 0.3 is 0 Å². The van der Waals surface area contributed by atoms with E-state index in [0.717, 1.165) is 31.4 Å². The molecule has 94 valence electrons. The molecule has 1 aromatic carbocycles. The first-order chi connectivity index (χ1) is 8.31. The van der Waals surface area contributed by atoms with Crippen molar-refractivity contribution >= 4 is 27.5 Å². The summed E-state index contributed by atoms with van der Waals surface area (Å²) >= 11 is 9.44. The van der Waals surface area contributed by atoms with Gasteiger partial charge in [-0.25, -0.2) is 0 Å². The zero-order valence-corrected chi connectivity index (χ0v) is 12.4. The topological polar surface area (TPSA) is 3.24 Å². The number of halogens is 2. The Hall–Kier alpha value is -0.0500. The molecular formula is C14H19BrClN. The number of hydrogen-bond acceptors (Lipinski definition) is 1. The fraction of sp³-hybridized carbons (Fsp3) is 0.571. The van der Waals surface area contributed by atoms with Crippen LogP contribution in [0.15, 0.2) is 28.7 Å². The van der Waals surface area contributed by atoms with Crippen LogP contribution in [0.25, 0.3) is 0 Å². The number of alkyl halides is 1. The van der Waals surface area contributed by atoms with Crippen molar-refractivity contribution in [1.82, 2.24) is 4.90 Å². The van der Waals surface area contributed by atoms with Gasteiger partial charge in [0.25, 0.3) is 0 Å². The van der Waals surface area contributed by atoms with E-state index in [4.69, 9.17) is 11.6 Å². The van der Waals surface area contributed by atoms with Crippen LogP contribution in [0, 0.1) is 0 Å². The van der Waals surface area contributed by atoms with E-state index in [9.17, 15) is 0 Å². The second kappa shape index (κ2) is 6.77. The molecule has 0 saturated heterocycles. The number of rotatable bonds is 6. The van der Waals surface area contributed by atoms with Crippen LogP contribution in [-0.4, -0.2) is 23.4 Å². The summed E-state index contributed by atoms with van der Waals surface area (Å²) in [5.41, 5.74) is 1.38. The standard InChI is InChI=1S/C14H19BrClN/c15-14-8-2-1-5-12(14)11-17(10-4-9-16)13-6-3-7-13/h1-2,5,8,13H,3-4,6-7,9-11H2. The first-order valence-corrected chi connectivity index (χ1v) is 7.67. The molecule has 1 aliphatic carbocycles. The maximum absolute atomic E-state index is 5.81. The van der Waals surface area contributed by atoms with Crippen molar-refractivity contribution in [2.45, 2.75) is 38.3 Å². The minimum absolute atomic E-state index is 0.763. The summed E-state index contributed by atoms with van der Waals surface area (Å²) in [4.78, 5) is 2.59. The molecule has 0 unspecified atom stereocenters. The van der Waals surface area contributed by atoms with Gasteiger partial charge in [-0.2, -0.15) is 0 Å². The fourth-order valence-electron chi connectivity index (χ4n) is 2.25. The van der Waals surface area contributed by atoms with Crippen LogP contribution in [0.2, 0.25) is 0 Å². The summed E-state index contributed by atoms with van der Waals surface area (Å²) in [7, 11) is 0. The molecule has 1 nitrogen and oxygen atoms in total. The predicted molar refractivity (Wildman–Crippen MR) is 77.5 cm³/mol. The highest BCUT2D eigenvalue weighted by atomic mass is 79.9. The minimum Gasteiger partial charge on any atom is -0.296 e. The minimum atomic E-state index is 0.763. The maximum atomic E-state index is 5.81. The lowest BCUT2D eigenvalue weighted by Gasteiger charge is -2.37. The third kappa shape index (κ3) is 3.70. The van der Waals surface area contributed by atoms with Crippen LogP contribution in [0.1, 0.15) is 31.2 Å². The summed E-state index contributed by atoms with van der Waals surface area (Å²) in [5.74, 6) is 0.763. The van der Waals surface area contributed by atoms with E-state index in [1.165, 1.54) is 29.3 Å². The zero-order valence-electron chi connectivity index (χ0n) is 10.0. The maximum Gasteiger partial charge on any atom is 0.0247 e. The molecule has 1 aromatic rings. The van der Waals surface area contributed by atoms with Crippen molar-refractivity contribution in [3.63, 3.8) is 0 Å². The quantitative estimate of drug-likeness (QED) is 0.702. The Balaban J connectivity index is 1.98. The van der Waals surface area contributed by atoms with Crippen LogP contribution in [0.3, 0.4) is 0 Å². The second-order valence-electron chi connectivity index (χ2n) is 4.69. The average Bonchev–Trinajstić information content (AvgIpc) is 2.26. The van der Waals surface area contributed by atoms with Crippen LogP contribution >= 0.6 is 27.5 Å². The van der Waals surface area contributed by atoms with Gasteiger partial charge in [0.1, 0.15) is 0 Å². The SMILES string of the molecule is ClCCCN(Cc1ccccc1Br)C1CCC1. The Morgan fingerprint density at radius 2 is 2.06 bits per heavy atom. The van der Waals surface area contributed by atoms with Crippen molar-refractivity contribution in [2.75, 3.05) is 12.4 Å². The lowest BCUT2D eigenvalue weighted by molar-refractivity contribution is 0.119. The Labute approximate surface area is 117 Å². The molecule has 0 radical (unpaired) electrons. The van der Waals surface area contributed by atoms with Gasteiger partial charge in [-0.15, -0.1) is 11.6 Å². The van der Waals surface area contributed by atoms with Gasteiger partial charge in [0.05, 0.1) is 0 Å². The van der Waals surface area contributed by atoms with Crippen molar-refractivity contribution in [3.8, 4) is 0 Å². The van der Waals surface area contributed by atoms with Gasteiger partial charge in [0, 0.05) is 22.9 Å². The number of hydrogen-bond donors (Lipinski definition) is 0. The molecule has 1 saturated carbocycles. The van der Waals surface area contributed by atoms with Gasteiger partial charge in [0.15, 0.2) is 0 Å². The van der Waals surface area contributed by atoms with E-state index in [1.807, 2.05) is 0 Å². The highest BCUT2D eigenvalue weighted by Crippen LogP contribution is 2.28. The summed E-state index contributed by atoms with van der Waals surface area (Å²) < 4.78 is 1.22. The highest BCUT2D eigenvalue weighted by molar-refractivity contribution is 9.10. The van der Waals surface area contributed by atoms with Crippen molar-refractivity contribution in [3.05, 3.63) is 34.3 Å². The predicted octanol–water partition coefficient (Wildman–Crippen LogP) is 4.43. The molecule has 17 heavy (non-hydrogen) atoms. The first kappa shape index (κ1) is 13.4. The number of benzene rings is 1. The summed E-state index contributed by atoms with van der Waals surface area (Å²) in [6, 6.07) is 9.29. The van der Waals surface area contributed by atoms with Gasteiger partial charge in [-0.1, -0.05) is 40.5 Å². The van der Waals surface area contributed by atoms with Crippen LogP contribution in [0.5, 0.6) is 0 Å². The smallest absolute Gasteiger partial charge is 0.0247 e. The Kier molecular flexibility index (Phi) is 5.33. The molecule has 2 rings (SSSR count). The molecule has 3 heteroatoms. The lowest BCUT2D eigenvalue weighted by Crippen LogP contribution is -2.40. The molecule has 0 aromatic heterocycles. The molecule has 0 aliphatic heterocycles. The van der Waals surface area contributed by atoms with E-state index in [0.29, 0.717) is 0 Å². The normalized spacial score (nSPS) is 16.2. The third-order valence-electron chi connectivity index (χ3n) is 3.50. The third-order valence-corrected chi connectivity index (χ3v) is 4.54. The van der Waals surface area contributed by atoms with Crippen LogP contribution in [0.4, 0.5) is 0 Å². The molecule has 1 fully saturated rings. The Morgan fingerprint density at radius 3 is 2.65 bits per heavy atom. The largest absolute Gasteiger partial charge is 0.296 e. The molecule has 0 bridgehead atoms. The van der Waals surface area contributed by atoms with Gasteiger partial charge < -0.3 is 0 Å².